The molecule has 0 aliphatic heterocycles. The van der Waals surface area contributed by atoms with E-state index in [1.807, 2.05) is 6.08 Å². The Morgan fingerprint density at radius 2 is 1.69 bits per heavy atom. The van der Waals surface area contributed by atoms with Crippen molar-refractivity contribution in [3.05, 3.63) is 39.4 Å². The van der Waals surface area contributed by atoms with Crippen molar-refractivity contribution in [2.45, 2.75) is 25.7 Å². The van der Waals surface area contributed by atoms with Gasteiger partial charge in [0, 0.05) is 22.0 Å². The quantitative estimate of drug-likeness (QED) is 0.674. The lowest BCUT2D eigenvalue weighted by Crippen LogP contribution is -2.08. The second kappa shape index (κ2) is 5.03. The SMILES string of the molecule is O=C1CCCC/C1=C/c1c(Cl)cccc1Cl. The van der Waals surface area contributed by atoms with Gasteiger partial charge in [-0.15, -0.1) is 0 Å². The zero-order valence-electron chi connectivity index (χ0n) is 8.80. The van der Waals surface area contributed by atoms with E-state index in [-0.39, 0.29) is 5.78 Å². The van der Waals surface area contributed by atoms with Crippen molar-refractivity contribution >= 4 is 35.1 Å². The first-order chi connectivity index (χ1) is 7.68. The standard InChI is InChI=1S/C13H12Cl2O/c14-11-5-3-6-12(15)10(11)8-9-4-1-2-7-13(9)16/h3,5-6,8H,1-2,4,7H2/b9-8-. The van der Waals surface area contributed by atoms with Crippen LogP contribution in [0.3, 0.4) is 0 Å². The Balaban J connectivity index is 2.38. The van der Waals surface area contributed by atoms with Crippen LogP contribution in [0.1, 0.15) is 31.2 Å². The van der Waals surface area contributed by atoms with Crippen LogP contribution in [0.15, 0.2) is 23.8 Å². The molecular weight excluding hydrogens is 243 g/mol. The molecule has 0 N–H and O–H groups in total. The highest BCUT2D eigenvalue weighted by atomic mass is 35.5. The average Bonchev–Trinajstić information content (AvgIpc) is 2.26. The first kappa shape index (κ1) is 11.7. The molecule has 1 aromatic carbocycles. The zero-order chi connectivity index (χ0) is 11.5. The van der Waals surface area contributed by atoms with Gasteiger partial charge < -0.3 is 0 Å². The van der Waals surface area contributed by atoms with Crippen LogP contribution in [-0.4, -0.2) is 5.78 Å². The van der Waals surface area contributed by atoms with E-state index in [2.05, 4.69) is 0 Å². The van der Waals surface area contributed by atoms with Crippen molar-refractivity contribution in [3.8, 4) is 0 Å². The molecule has 0 unspecified atom stereocenters. The van der Waals surface area contributed by atoms with Crippen LogP contribution in [0, 0.1) is 0 Å². The molecule has 0 radical (unpaired) electrons. The number of allylic oxidation sites excluding steroid dienone is 1. The summed E-state index contributed by atoms with van der Waals surface area (Å²) in [6.07, 6.45) is 5.38. The van der Waals surface area contributed by atoms with E-state index in [1.54, 1.807) is 18.2 Å². The zero-order valence-corrected chi connectivity index (χ0v) is 10.3. The minimum atomic E-state index is 0.224. The predicted octanol–water partition coefficient (Wildman–Crippen LogP) is 4.52. The third-order valence-corrected chi connectivity index (χ3v) is 3.44. The summed E-state index contributed by atoms with van der Waals surface area (Å²) in [7, 11) is 0. The lowest BCUT2D eigenvalue weighted by Gasteiger charge is -2.13. The Kier molecular flexibility index (Phi) is 3.67. The molecule has 1 aliphatic carbocycles. The molecule has 16 heavy (non-hydrogen) atoms. The van der Waals surface area contributed by atoms with Gasteiger partial charge in [-0.1, -0.05) is 29.3 Å². The third-order valence-electron chi connectivity index (χ3n) is 2.78. The summed E-state index contributed by atoms with van der Waals surface area (Å²) < 4.78 is 0. The van der Waals surface area contributed by atoms with Crippen LogP contribution in [0.5, 0.6) is 0 Å². The normalized spacial score (nSPS) is 19.1. The molecule has 1 aromatic rings. The fraction of sp³-hybridized carbons (Fsp3) is 0.308. The van der Waals surface area contributed by atoms with Gasteiger partial charge in [0.25, 0.3) is 0 Å². The van der Waals surface area contributed by atoms with Crippen LogP contribution >= 0.6 is 23.2 Å². The van der Waals surface area contributed by atoms with Crippen LogP contribution in [0.4, 0.5) is 0 Å². The summed E-state index contributed by atoms with van der Waals surface area (Å²) in [4.78, 5) is 11.7. The van der Waals surface area contributed by atoms with E-state index in [4.69, 9.17) is 23.2 Å². The fourth-order valence-electron chi connectivity index (χ4n) is 1.88. The summed E-state index contributed by atoms with van der Waals surface area (Å²) in [6, 6.07) is 5.37. The molecule has 1 nitrogen and oxygen atoms in total. The summed E-state index contributed by atoms with van der Waals surface area (Å²) in [5.74, 6) is 0.224. The second-order valence-corrected chi connectivity index (χ2v) is 4.75. The number of carbonyl (C=O) groups excluding carboxylic acids is 1. The van der Waals surface area contributed by atoms with Crippen LogP contribution in [0.25, 0.3) is 6.08 Å². The molecule has 0 saturated heterocycles. The van der Waals surface area contributed by atoms with Crippen molar-refractivity contribution in [1.82, 2.24) is 0 Å². The smallest absolute Gasteiger partial charge is 0.158 e. The highest BCUT2D eigenvalue weighted by Gasteiger charge is 2.15. The third kappa shape index (κ3) is 2.47. The molecule has 3 heteroatoms. The highest BCUT2D eigenvalue weighted by Crippen LogP contribution is 2.29. The van der Waals surface area contributed by atoms with Gasteiger partial charge in [-0.25, -0.2) is 0 Å². The first-order valence-corrected chi connectivity index (χ1v) is 6.12. The van der Waals surface area contributed by atoms with Crippen molar-refractivity contribution in [2.75, 3.05) is 0 Å². The summed E-state index contributed by atoms with van der Waals surface area (Å²) >= 11 is 12.1. The predicted molar refractivity (Wildman–Crippen MR) is 67.9 cm³/mol. The van der Waals surface area contributed by atoms with Gasteiger partial charge in [0.15, 0.2) is 5.78 Å². The Bertz CT molecular complexity index is 429. The molecular formula is C13H12Cl2O. The molecule has 2 rings (SSSR count). The monoisotopic (exact) mass is 254 g/mol. The van der Waals surface area contributed by atoms with Crippen molar-refractivity contribution in [2.24, 2.45) is 0 Å². The fourth-order valence-corrected chi connectivity index (χ4v) is 2.38. The number of hydrogen-bond donors (Lipinski definition) is 0. The highest BCUT2D eigenvalue weighted by molar-refractivity contribution is 6.37. The first-order valence-electron chi connectivity index (χ1n) is 5.36. The van der Waals surface area contributed by atoms with E-state index < -0.39 is 0 Å². The van der Waals surface area contributed by atoms with Crippen LogP contribution in [-0.2, 0) is 4.79 Å². The molecule has 0 amide bonds. The van der Waals surface area contributed by atoms with Gasteiger partial charge in [-0.05, 0) is 43.0 Å². The molecule has 0 atom stereocenters. The van der Waals surface area contributed by atoms with E-state index in [0.29, 0.717) is 16.5 Å². The maximum atomic E-state index is 11.7. The Hall–Kier alpha value is -0.790. The van der Waals surface area contributed by atoms with Gasteiger partial charge in [0.1, 0.15) is 0 Å². The minimum absolute atomic E-state index is 0.224. The molecule has 1 saturated carbocycles. The lowest BCUT2D eigenvalue weighted by molar-refractivity contribution is -0.116. The van der Waals surface area contributed by atoms with Crippen LogP contribution < -0.4 is 0 Å². The van der Waals surface area contributed by atoms with E-state index >= 15 is 0 Å². The van der Waals surface area contributed by atoms with E-state index in [0.717, 1.165) is 30.4 Å². The van der Waals surface area contributed by atoms with Gasteiger partial charge in [0.2, 0.25) is 0 Å². The van der Waals surface area contributed by atoms with E-state index in [1.165, 1.54) is 0 Å². The Morgan fingerprint density at radius 1 is 1.06 bits per heavy atom. The Morgan fingerprint density at radius 3 is 2.31 bits per heavy atom. The molecule has 0 bridgehead atoms. The number of Topliss-reactive ketones (excluding diaryl/α,β-unsaturated/α-hetero) is 1. The topological polar surface area (TPSA) is 17.1 Å². The van der Waals surface area contributed by atoms with Crippen molar-refractivity contribution in [3.63, 3.8) is 0 Å². The maximum absolute atomic E-state index is 11.7. The molecule has 0 aromatic heterocycles. The van der Waals surface area contributed by atoms with Crippen molar-refractivity contribution in [1.29, 1.82) is 0 Å². The van der Waals surface area contributed by atoms with Gasteiger partial charge in [-0.3, -0.25) is 4.79 Å². The van der Waals surface area contributed by atoms with Gasteiger partial charge in [-0.2, -0.15) is 0 Å². The second-order valence-electron chi connectivity index (χ2n) is 3.94. The van der Waals surface area contributed by atoms with Gasteiger partial charge >= 0.3 is 0 Å². The number of ketones is 1. The number of rotatable bonds is 1. The lowest BCUT2D eigenvalue weighted by atomic mass is 9.92. The average molecular weight is 255 g/mol. The number of halogens is 2. The molecule has 84 valence electrons. The summed E-state index contributed by atoms with van der Waals surface area (Å²) in [5.41, 5.74) is 1.61. The largest absolute Gasteiger partial charge is 0.295 e. The number of benzene rings is 1. The molecule has 1 aliphatic rings. The number of hydrogen-bond acceptors (Lipinski definition) is 1. The maximum Gasteiger partial charge on any atom is 0.158 e. The molecule has 0 heterocycles. The number of carbonyl (C=O) groups is 1. The van der Waals surface area contributed by atoms with Crippen LogP contribution in [0.2, 0.25) is 10.0 Å². The molecule has 0 spiro atoms. The summed E-state index contributed by atoms with van der Waals surface area (Å²) in [5, 5.41) is 1.19. The van der Waals surface area contributed by atoms with E-state index in [9.17, 15) is 4.79 Å². The minimum Gasteiger partial charge on any atom is -0.295 e. The van der Waals surface area contributed by atoms with Gasteiger partial charge in [0.05, 0.1) is 0 Å². The Labute approximate surface area is 105 Å². The molecule has 1 fully saturated rings. The summed E-state index contributed by atoms with van der Waals surface area (Å²) in [6.45, 7) is 0. The van der Waals surface area contributed by atoms with Crippen molar-refractivity contribution < 1.29 is 4.79 Å².